The minimum atomic E-state index is -1.49. The van der Waals surface area contributed by atoms with E-state index in [2.05, 4.69) is 13.5 Å². The van der Waals surface area contributed by atoms with Crippen LogP contribution in [0, 0.1) is 17.3 Å². The summed E-state index contributed by atoms with van der Waals surface area (Å²) in [6, 6.07) is 0. The van der Waals surface area contributed by atoms with Crippen molar-refractivity contribution in [2.24, 2.45) is 17.3 Å². The van der Waals surface area contributed by atoms with Gasteiger partial charge in [-0.1, -0.05) is 19.1 Å². The maximum absolute atomic E-state index is 11.5. The first-order chi connectivity index (χ1) is 13.4. The fourth-order valence-corrected chi connectivity index (χ4v) is 5.68. The minimum absolute atomic E-state index is 0.0929. The Balaban J connectivity index is 1.79. The van der Waals surface area contributed by atoms with Crippen LogP contribution in [0.2, 0.25) is 0 Å². The van der Waals surface area contributed by atoms with Crippen LogP contribution in [0.3, 0.4) is 0 Å². The van der Waals surface area contributed by atoms with Crippen molar-refractivity contribution in [2.75, 3.05) is 7.11 Å². The number of ether oxygens (including phenoxy) is 3. The number of hydrogen-bond acceptors (Lipinski definition) is 8. The summed E-state index contributed by atoms with van der Waals surface area (Å²) in [5, 5.41) is 52.5. The molecule has 8 nitrogen and oxygen atoms in total. The molecule has 0 aromatic heterocycles. The third kappa shape index (κ3) is 4.02. The summed E-state index contributed by atoms with van der Waals surface area (Å²) < 4.78 is 16.5. The molecule has 5 N–H and O–H groups in total. The monoisotopic (exact) mass is 416 g/mol. The Labute approximate surface area is 172 Å². The normalized spacial score (nSPS) is 53.3. The summed E-state index contributed by atoms with van der Waals surface area (Å²) in [4.78, 5) is 0. The van der Waals surface area contributed by atoms with E-state index in [0.717, 1.165) is 12.0 Å². The lowest BCUT2D eigenvalue weighted by molar-refractivity contribution is -0.367. The molecule has 3 rings (SSSR count). The molecule has 8 heteroatoms. The van der Waals surface area contributed by atoms with Gasteiger partial charge in [0.15, 0.2) is 12.6 Å². The topological polar surface area (TPSA) is 129 Å². The molecule has 2 saturated carbocycles. The molecular weight excluding hydrogens is 380 g/mol. The van der Waals surface area contributed by atoms with Crippen molar-refractivity contribution in [1.82, 2.24) is 0 Å². The zero-order valence-corrected chi connectivity index (χ0v) is 17.7. The van der Waals surface area contributed by atoms with Gasteiger partial charge in [0.1, 0.15) is 18.3 Å². The largest absolute Gasteiger partial charge is 0.392 e. The molecule has 0 aromatic carbocycles. The highest BCUT2D eigenvalue weighted by molar-refractivity contribution is 5.12. The van der Waals surface area contributed by atoms with E-state index < -0.39 is 48.7 Å². The van der Waals surface area contributed by atoms with Gasteiger partial charge in [0.2, 0.25) is 0 Å². The van der Waals surface area contributed by atoms with E-state index in [0.29, 0.717) is 19.3 Å². The fraction of sp³-hybridized carbons (Fsp3) is 0.905. The van der Waals surface area contributed by atoms with E-state index >= 15 is 0 Å². The number of hydrogen-bond donors (Lipinski definition) is 5. The van der Waals surface area contributed by atoms with Gasteiger partial charge in [0.25, 0.3) is 0 Å². The number of rotatable bonds is 4. The predicted molar refractivity (Wildman–Crippen MR) is 104 cm³/mol. The lowest BCUT2D eigenvalue weighted by Crippen LogP contribution is -2.64. The zero-order valence-electron chi connectivity index (χ0n) is 17.7. The molecule has 168 valence electrons. The van der Waals surface area contributed by atoms with Gasteiger partial charge in [-0.3, -0.25) is 0 Å². The number of methoxy groups -OCH3 is 1. The van der Waals surface area contributed by atoms with Crippen LogP contribution in [0.25, 0.3) is 0 Å². The quantitative estimate of drug-likeness (QED) is 0.327. The minimum Gasteiger partial charge on any atom is -0.392 e. The van der Waals surface area contributed by atoms with Crippen LogP contribution in [0.5, 0.6) is 0 Å². The molecule has 0 aromatic rings. The highest BCUT2D eigenvalue weighted by Gasteiger charge is 2.58. The first kappa shape index (κ1) is 23.1. The Bertz CT molecular complexity index is 607. The predicted octanol–water partition coefficient (Wildman–Crippen LogP) is 0.297. The molecular formula is C21H36O8. The lowest BCUT2D eigenvalue weighted by atomic mass is 9.51. The number of aliphatic hydroxyl groups excluding tert-OH is 4. The Morgan fingerprint density at radius 2 is 1.69 bits per heavy atom. The van der Waals surface area contributed by atoms with Crippen LogP contribution >= 0.6 is 0 Å². The second-order valence-electron chi connectivity index (χ2n) is 9.64. The Morgan fingerprint density at radius 3 is 2.28 bits per heavy atom. The molecule has 11 unspecified atom stereocenters. The fourth-order valence-electron chi connectivity index (χ4n) is 5.68. The van der Waals surface area contributed by atoms with Gasteiger partial charge in [-0.25, -0.2) is 0 Å². The molecule has 3 aliphatic rings. The summed E-state index contributed by atoms with van der Waals surface area (Å²) in [6.07, 6.45) is -5.47. The van der Waals surface area contributed by atoms with Crippen LogP contribution in [0.1, 0.15) is 46.5 Å². The van der Waals surface area contributed by atoms with E-state index in [1.165, 1.54) is 7.11 Å². The maximum atomic E-state index is 11.5. The average molecular weight is 417 g/mol. The average Bonchev–Trinajstić information content (AvgIpc) is 2.63. The van der Waals surface area contributed by atoms with Crippen LogP contribution in [-0.4, -0.2) is 81.3 Å². The molecule has 0 amide bonds. The Morgan fingerprint density at radius 1 is 1.07 bits per heavy atom. The van der Waals surface area contributed by atoms with Crippen LogP contribution in [0.4, 0.5) is 0 Å². The summed E-state index contributed by atoms with van der Waals surface area (Å²) in [5.74, 6) is -0.238. The molecule has 1 aliphatic heterocycles. The van der Waals surface area contributed by atoms with Crippen molar-refractivity contribution in [3.63, 3.8) is 0 Å². The standard InChI is InChI=1S/C21H36O8/c1-10(2)11-8-13-20(3,9-12(11)22)7-6-14(21(13,4)26)28-19-17(25)15(23)16(24)18(27-5)29-19/h11-19,22-26H,1,6-9H2,2-5H3. The summed E-state index contributed by atoms with van der Waals surface area (Å²) in [5.41, 5.74) is -0.594. The SMILES string of the molecule is C=C(C)C1CC2C(C)(CCC(OC3OC(OC)C(O)C(O)C3O)C2(C)O)CC1O. The van der Waals surface area contributed by atoms with Gasteiger partial charge in [-0.2, -0.15) is 0 Å². The molecule has 0 bridgehead atoms. The van der Waals surface area contributed by atoms with Crippen LogP contribution in [-0.2, 0) is 14.2 Å². The van der Waals surface area contributed by atoms with Gasteiger partial charge in [-0.15, -0.1) is 0 Å². The van der Waals surface area contributed by atoms with Crippen molar-refractivity contribution in [3.8, 4) is 0 Å². The van der Waals surface area contributed by atoms with Crippen LogP contribution < -0.4 is 0 Å². The molecule has 1 saturated heterocycles. The third-order valence-electron chi connectivity index (χ3n) is 7.50. The van der Waals surface area contributed by atoms with E-state index in [-0.39, 0.29) is 17.3 Å². The smallest absolute Gasteiger partial charge is 0.189 e. The van der Waals surface area contributed by atoms with Crippen molar-refractivity contribution >= 4 is 0 Å². The molecule has 1 heterocycles. The van der Waals surface area contributed by atoms with E-state index in [1.54, 1.807) is 6.92 Å². The van der Waals surface area contributed by atoms with Crippen molar-refractivity contribution in [1.29, 1.82) is 0 Å². The molecule has 0 spiro atoms. The summed E-state index contributed by atoms with van der Waals surface area (Å²) in [7, 11) is 1.32. The highest BCUT2D eigenvalue weighted by Crippen LogP contribution is 2.57. The highest BCUT2D eigenvalue weighted by atomic mass is 16.8. The molecule has 2 aliphatic carbocycles. The lowest BCUT2D eigenvalue weighted by Gasteiger charge is -2.58. The Hall–Kier alpha value is -0.580. The number of fused-ring (bicyclic) bond motifs is 1. The van der Waals surface area contributed by atoms with Gasteiger partial charge >= 0.3 is 0 Å². The van der Waals surface area contributed by atoms with E-state index in [1.807, 2.05) is 6.92 Å². The first-order valence-corrected chi connectivity index (χ1v) is 10.4. The van der Waals surface area contributed by atoms with Crippen LogP contribution in [0.15, 0.2) is 12.2 Å². The van der Waals surface area contributed by atoms with E-state index in [9.17, 15) is 25.5 Å². The van der Waals surface area contributed by atoms with Gasteiger partial charge in [-0.05, 0) is 50.9 Å². The third-order valence-corrected chi connectivity index (χ3v) is 7.50. The van der Waals surface area contributed by atoms with Gasteiger partial charge < -0.3 is 39.7 Å². The van der Waals surface area contributed by atoms with Crippen molar-refractivity contribution < 1.29 is 39.7 Å². The van der Waals surface area contributed by atoms with Crippen molar-refractivity contribution in [2.45, 2.75) is 95.2 Å². The zero-order chi connectivity index (χ0) is 21.7. The first-order valence-electron chi connectivity index (χ1n) is 10.4. The van der Waals surface area contributed by atoms with Crippen molar-refractivity contribution in [3.05, 3.63) is 12.2 Å². The Kier molecular flexibility index (Phi) is 6.50. The maximum Gasteiger partial charge on any atom is 0.189 e. The summed E-state index contributed by atoms with van der Waals surface area (Å²) >= 11 is 0. The van der Waals surface area contributed by atoms with Gasteiger partial charge in [0, 0.05) is 13.0 Å². The van der Waals surface area contributed by atoms with Gasteiger partial charge in [0.05, 0.1) is 17.8 Å². The second-order valence-corrected chi connectivity index (χ2v) is 9.64. The van der Waals surface area contributed by atoms with E-state index in [4.69, 9.17) is 14.2 Å². The second kappa shape index (κ2) is 8.16. The molecule has 29 heavy (non-hydrogen) atoms. The molecule has 0 radical (unpaired) electrons. The summed E-state index contributed by atoms with van der Waals surface area (Å²) in [6.45, 7) is 9.71. The number of aliphatic hydroxyl groups is 5. The molecule has 3 fully saturated rings. The molecule has 11 atom stereocenters.